The molecule has 198 valence electrons. The Bertz CT molecular complexity index is 2020. The molecule has 0 spiro atoms. The van der Waals surface area contributed by atoms with Crippen LogP contribution in [0.15, 0.2) is 105 Å². The van der Waals surface area contributed by atoms with Gasteiger partial charge >= 0.3 is 0 Å². The molecule has 10 nitrogen and oxygen atoms in total. The summed E-state index contributed by atoms with van der Waals surface area (Å²) in [7, 11) is 1.82. The van der Waals surface area contributed by atoms with E-state index in [1.165, 1.54) is 23.5 Å². The zero-order valence-electron chi connectivity index (χ0n) is 21.6. The number of nitro benzene ring substituents is 1. The Labute approximate surface area is 231 Å². The molecule has 0 unspecified atom stereocenters. The number of fused-ring (bicyclic) bond motifs is 1. The summed E-state index contributed by atoms with van der Waals surface area (Å²) < 4.78 is 5.02. The Morgan fingerprint density at radius 2 is 1.73 bits per heavy atom. The Hall–Kier alpha value is -5.29. The summed E-state index contributed by atoms with van der Waals surface area (Å²) >= 11 is 1.33. The molecule has 1 N–H and O–H groups in total. The summed E-state index contributed by atoms with van der Waals surface area (Å²) in [5.74, 6) is 0. The molecule has 11 heteroatoms. The molecule has 0 atom stereocenters. The molecule has 6 rings (SSSR count). The van der Waals surface area contributed by atoms with E-state index in [2.05, 4.69) is 4.98 Å². The number of aromatic amines is 1. The highest BCUT2D eigenvalue weighted by atomic mass is 32.1. The van der Waals surface area contributed by atoms with Gasteiger partial charge in [-0.25, -0.2) is 14.4 Å². The highest BCUT2D eigenvalue weighted by Gasteiger charge is 2.17. The maximum atomic E-state index is 13.5. The van der Waals surface area contributed by atoms with E-state index in [-0.39, 0.29) is 11.2 Å². The van der Waals surface area contributed by atoms with Gasteiger partial charge < -0.3 is 4.98 Å². The smallest absolute Gasteiger partial charge is 0.297 e. The van der Waals surface area contributed by atoms with Gasteiger partial charge in [-0.15, -0.1) is 11.3 Å². The van der Waals surface area contributed by atoms with Gasteiger partial charge in [-0.2, -0.15) is 5.10 Å². The number of aromatic nitrogens is 4. The minimum atomic E-state index is -0.433. The first-order chi connectivity index (χ1) is 19.4. The number of rotatable bonds is 6. The molecule has 3 heterocycles. The lowest BCUT2D eigenvalue weighted by atomic mass is 10.1. The number of benzene rings is 3. The van der Waals surface area contributed by atoms with Crippen molar-refractivity contribution in [1.82, 2.24) is 19.0 Å². The molecule has 3 aromatic heterocycles. The standard InChI is InChI=1S/C29H23N7O3S/c1-19-27(28(37)35(33(19)2)22-8-4-3-5-9-22)32-29-34(31-17-21-16-30-25-11-7-6-10-24(21)25)26(18-40-29)20-12-14-23(15-13-20)36(38)39/h3-18,30H,1-2H3. The summed E-state index contributed by atoms with van der Waals surface area (Å²) in [5, 5.41) is 18.9. The van der Waals surface area contributed by atoms with E-state index >= 15 is 0 Å². The van der Waals surface area contributed by atoms with Gasteiger partial charge in [0.25, 0.3) is 11.2 Å². The van der Waals surface area contributed by atoms with Crippen molar-refractivity contribution >= 4 is 39.8 Å². The number of para-hydroxylation sites is 2. The van der Waals surface area contributed by atoms with Crippen molar-refractivity contribution in [1.29, 1.82) is 0 Å². The zero-order chi connectivity index (χ0) is 27.8. The van der Waals surface area contributed by atoms with Crippen molar-refractivity contribution < 1.29 is 4.92 Å². The fourth-order valence-electron chi connectivity index (χ4n) is 4.54. The molecule has 0 saturated carbocycles. The van der Waals surface area contributed by atoms with E-state index in [9.17, 15) is 14.9 Å². The number of hydrogen-bond acceptors (Lipinski definition) is 6. The first-order valence-corrected chi connectivity index (χ1v) is 13.2. The summed E-state index contributed by atoms with van der Waals surface area (Å²) in [4.78, 5) is 32.8. The average Bonchev–Trinajstić information content (AvgIpc) is 3.63. The van der Waals surface area contributed by atoms with Crippen molar-refractivity contribution in [3.63, 3.8) is 0 Å². The number of nitrogens with zero attached hydrogens (tertiary/aromatic N) is 6. The van der Waals surface area contributed by atoms with Crippen LogP contribution in [0.4, 0.5) is 11.4 Å². The van der Waals surface area contributed by atoms with Crippen LogP contribution in [0.1, 0.15) is 11.3 Å². The second-order valence-corrected chi connectivity index (χ2v) is 9.91. The van der Waals surface area contributed by atoms with Crippen LogP contribution in [-0.4, -0.2) is 30.2 Å². The molecule has 0 aliphatic rings. The normalized spacial score (nSPS) is 12.1. The Morgan fingerprint density at radius 3 is 2.48 bits per heavy atom. The van der Waals surface area contributed by atoms with Crippen molar-refractivity contribution in [3.05, 3.63) is 127 Å². The van der Waals surface area contributed by atoms with Crippen LogP contribution in [0, 0.1) is 17.0 Å². The van der Waals surface area contributed by atoms with Crippen LogP contribution >= 0.6 is 11.3 Å². The third kappa shape index (κ3) is 4.37. The SMILES string of the molecule is Cc1c(N=c2scc(-c3ccc([N+](=O)[O-])cc3)n2N=Cc2c[nH]c3ccccc23)c(=O)n(-c2ccccc2)n1C. The van der Waals surface area contributed by atoms with Crippen LogP contribution in [0.25, 0.3) is 27.8 Å². The number of nitro groups is 1. The number of thiazole rings is 1. The van der Waals surface area contributed by atoms with E-state index in [0.717, 1.165) is 27.7 Å². The summed E-state index contributed by atoms with van der Waals surface area (Å²) in [6.45, 7) is 1.85. The topological polar surface area (TPSA) is 116 Å². The lowest BCUT2D eigenvalue weighted by molar-refractivity contribution is -0.384. The summed E-state index contributed by atoms with van der Waals surface area (Å²) in [6.07, 6.45) is 3.61. The van der Waals surface area contributed by atoms with E-state index in [4.69, 9.17) is 10.1 Å². The van der Waals surface area contributed by atoms with E-state index in [1.54, 1.807) is 32.4 Å². The summed E-state index contributed by atoms with van der Waals surface area (Å²) in [6, 6.07) is 23.6. The first-order valence-electron chi connectivity index (χ1n) is 12.4. The molecule has 0 amide bonds. The Kier molecular flexibility index (Phi) is 6.33. The lowest BCUT2D eigenvalue weighted by Crippen LogP contribution is -2.19. The van der Waals surface area contributed by atoms with E-state index in [1.807, 2.05) is 80.1 Å². The number of hydrogen-bond donors (Lipinski definition) is 1. The summed E-state index contributed by atoms with van der Waals surface area (Å²) in [5.41, 5.74) is 4.78. The fraction of sp³-hybridized carbons (Fsp3) is 0.0690. The quantitative estimate of drug-likeness (QED) is 0.168. The molecule has 3 aromatic carbocycles. The van der Waals surface area contributed by atoms with E-state index in [0.29, 0.717) is 21.9 Å². The van der Waals surface area contributed by atoms with Crippen LogP contribution < -0.4 is 10.4 Å². The minimum absolute atomic E-state index is 0.000826. The largest absolute Gasteiger partial charge is 0.361 e. The number of nitrogens with one attached hydrogen (secondary N) is 1. The highest BCUT2D eigenvalue weighted by molar-refractivity contribution is 7.07. The predicted molar refractivity (Wildman–Crippen MR) is 157 cm³/mol. The van der Waals surface area contributed by atoms with Gasteiger partial charge in [-0.05, 0) is 37.3 Å². The Balaban J connectivity index is 1.53. The molecule has 0 bridgehead atoms. The van der Waals surface area contributed by atoms with Gasteiger partial charge in [0.1, 0.15) is 0 Å². The maximum Gasteiger partial charge on any atom is 0.297 e. The van der Waals surface area contributed by atoms with Gasteiger partial charge in [0, 0.05) is 52.8 Å². The molecule has 40 heavy (non-hydrogen) atoms. The van der Waals surface area contributed by atoms with Crippen LogP contribution in [0.5, 0.6) is 0 Å². The second kappa shape index (κ2) is 10.1. The molecule has 0 aliphatic heterocycles. The Morgan fingerprint density at radius 1 is 1.00 bits per heavy atom. The minimum Gasteiger partial charge on any atom is -0.361 e. The van der Waals surface area contributed by atoms with Gasteiger partial charge in [0.15, 0.2) is 5.69 Å². The van der Waals surface area contributed by atoms with Crippen molar-refractivity contribution in [3.8, 4) is 16.9 Å². The molecule has 0 saturated heterocycles. The molecular formula is C29H23N7O3S. The lowest BCUT2D eigenvalue weighted by Gasteiger charge is -2.07. The fourth-order valence-corrected chi connectivity index (χ4v) is 5.38. The maximum absolute atomic E-state index is 13.5. The van der Waals surface area contributed by atoms with Crippen LogP contribution in [0.2, 0.25) is 0 Å². The van der Waals surface area contributed by atoms with Gasteiger partial charge in [0.05, 0.1) is 28.2 Å². The third-order valence-corrected chi connectivity index (χ3v) is 7.54. The number of non-ortho nitro benzene ring substituents is 1. The van der Waals surface area contributed by atoms with Crippen LogP contribution in [0.3, 0.4) is 0 Å². The third-order valence-electron chi connectivity index (χ3n) is 6.72. The van der Waals surface area contributed by atoms with Gasteiger partial charge in [-0.3, -0.25) is 19.6 Å². The zero-order valence-corrected chi connectivity index (χ0v) is 22.4. The average molecular weight is 550 g/mol. The van der Waals surface area contributed by atoms with Crippen molar-refractivity contribution in [2.45, 2.75) is 6.92 Å². The molecular weight excluding hydrogens is 526 g/mol. The molecule has 0 radical (unpaired) electrons. The number of H-pyrrole nitrogens is 1. The molecule has 0 aliphatic carbocycles. The highest BCUT2D eigenvalue weighted by Crippen LogP contribution is 2.24. The van der Waals surface area contributed by atoms with E-state index < -0.39 is 4.92 Å². The predicted octanol–water partition coefficient (Wildman–Crippen LogP) is 5.52. The van der Waals surface area contributed by atoms with Gasteiger partial charge in [-0.1, -0.05) is 36.4 Å². The molecule has 0 fully saturated rings. The van der Waals surface area contributed by atoms with Crippen molar-refractivity contribution in [2.75, 3.05) is 0 Å². The monoisotopic (exact) mass is 549 g/mol. The second-order valence-electron chi connectivity index (χ2n) is 9.08. The van der Waals surface area contributed by atoms with Crippen LogP contribution in [-0.2, 0) is 7.05 Å². The van der Waals surface area contributed by atoms with Gasteiger partial charge in [0.2, 0.25) is 4.80 Å². The first kappa shape index (κ1) is 25.0. The van der Waals surface area contributed by atoms with Crippen molar-refractivity contribution in [2.24, 2.45) is 17.1 Å². The molecule has 6 aromatic rings.